The highest BCUT2D eigenvalue weighted by Crippen LogP contribution is 2.16. The molecule has 0 saturated carbocycles. The van der Waals surface area contributed by atoms with Crippen LogP contribution in [0.4, 0.5) is 4.79 Å². The number of hydrogen-bond acceptors (Lipinski definition) is 4. The van der Waals surface area contributed by atoms with E-state index in [1.54, 1.807) is 0 Å². The summed E-state index contributed by atoms with van der Waals surface area (Å²) >= 11 is 0. The van der Waals surface area contributed by atoms with E-state index in [1.807, 2.05) is 41.5 Å². The van der Waals surface area contributed by atoms with Gasteiger partial charge in [-0.3, -0.25) is 4.79 Å². The largest absolute Gasteiger partial charge is 0.480 e. The quantitative estimate of drug-likeness (QED) is 0.641. The molecule has 0 heterocycles. The first-order valence-corrected chi connectivity index (χ1v) is 7.56. The molecule has 0 aliphatic heterocycles. The Hall–Kier alpha value is -1.30. The Morgan fingerprint density at radius 1 is 1.14 bits per heavy atom. The third-order valence-electron chi connectivity index (χ3n) is 3.51. The van der Waals surface area contributed by atoms with Crippen molar-refractivity contribution in [3.8, 4) is 0 Å². The van der Waals surface area contributed by atoms with Crippen LogP contribution in [0.25, 0.3) is 0 Å². The van der Waals surface area contributed by atoms with Gasteiger partial charge in [0, 0.05) is 6.54 Å². The molecule has 0 aromatic heterocycles. The van der Waals surface area contributed by atoms with Crippen LogP contribution in [-0.4, -0.2) is 40.9 Å². The number of rotatable bonds is 8. The number of amides is 1. The second-order valence-corrected chi connectivity index (χ2v) is 6.29. The van der Waals surface area contributed by atoms with Crippen LogP contribution in [0, 0.1) is 0 Å². The van der Waals surface area contributed by atoms with Crippen LogP contribution in [0.2, 0.25) is 0 Å². The van der Waals surface area contributed by atoms with Crippen molar-refractivity contribution >= 4 is 12.1 Å². The number of hydrogen-bond donors (Lipinski definition) is 3. The summed E-state index contributed by atoms with van der Waals surface area (Å²) in [7, 11) is 0. The van der Waals surface area contributed by atoms with Crippen LogP contribution in [0.5, 0.6) is 0 Å². The van der Waals surface area contributed by atoms with Crippen molar-refractivity contribution in [2.24, 2.45) is 0 Å². The lowest BCUT2D eigenvalue weighted by Crippen LogP contribution is -2.57. The topological polar surface area (TPSA) is 87.7 Å². The number of alkyl carbamates (subject to hydrolysis) is 1. The summed E-state index contributed by atoms with van der Waals surface area (Å²) in [5, 5.41) is 15.0. The third kappa shape index (κ3) is 7.32. The van der Waals surface area contributed by atoms with Crippen molar-refractivity contribution in [2.45, 2.75) is 78.0 Å². The minimum absolute atomic E-state index is 0.393. The van der Waals surface area contributed by atoms with Gasteiger partial charge in [0.05, 0.1) is 5.54 Å². The standard InChI is InChI=1S/C15H30N2O4/c1-7-11(12(18)19)16-10-15(8-2,9-3)17-13(20)21-14(4,5)6/h11,16H,7-10H2,1-6H3,(H,17,20)(H,18,19). The molecule has 0 spiro atoms. The van der Waals surface area contributed by atoms with Gasteiger partial charge in [0.2, 0.25) is 0 Å². The molecule has 21 heavy (non-hydrogen) atoms. The van der Waals surface area contributed by atoms with Crippen molar-refractivity contribution in [3.05, 3.63) is 0 Å². The zero-order chi connectivity index (χ0) is 16.7. The normalized spacial score (nSPS) is 13.6. The van der Waals surface area contributed by atoms with Gasteiger partial charge in [0.25, 0.3) is 0 Å². The minimum Gasteiger partial charge on any atom is -0.480 e. The van der Waals surface area contributed by atoms with E-state index in [0.717, 1.165) is 0 Å². The maximum Gasteiger partial charge on any atom is 0.408 e. The fourth-order valence-electron chi connectivity index (χ4n) is 1.97. The number of carbonyl (C=O) groups excluding carboxylic acids is 1. The first-order valence-electron chi connectivity index (χ1n) is 7.56. The van der Waals surface area contributed by atoms with Gasteiger partial charge in [0.15, 0.2) is 0 Å². The SMILES string of the molecule is CCC(NCC(CC)(CC)NC(=O)OC(C)(C)C)C(=O)O. The molecule has 0 aromatic rings. The maximum atomic E-state index is 12.0. The number of carboxylic acids is 1. The summed E-state index contributed by atoms with van der Waals surface area (Å²) in [6, 6.07) is -0.608. The molecule has 0 rings (SSSR count). The van der Waals surface area contributed by atoms with Gasteiger partial charge in [-0.1, -0.05) is 20.8 Å². The minimum atomic E-state index is -0.879. The van der Waals surface area contributed by atoms with E-state index in [4.69, 9.17) is 9.84 Å². The highest BCUT2D eigenvalue weighted by molar-refractivity contribution is 5.73. The van der Waals surface area contributed by atoms with Crippen LogP contribution in [0.3, 0.4) is 0 Å². The Labute approximate surface area is 127 Å². The molecule has 0 aliphatic rings. The summed E-state index contributed by atoms with van der Waals surface area (Å²) in [6.07, 6.45) is 1.39. The van der Waals surface area contributed by atoms with E-state index >= 15 is 0 Å². The molecule has 6 nitrogen and oxygen atoms in total. The highest BCUT2D eigenvalue weighted by Gasteiger charge is 2.31. The van der Waals surface area contributed by atoms with E-state index in [9.17, 15) is 9.59 Å². The second kappa shape index (κ2) is 8.22. The van der Waals surface area contributed by atoms with Gasteiger partial charge in [0.1, 0.15) is 11.6 Å². The average molecular weight is 302 g/mol. The maximum absolute atomic E-state index is 12.0. The van der Waals surface area contributed by atoms with Crippen molar-refractivity contribution in [1.29, 1.82) is 0 Å². The van der Waals surface area contributed by atoms with Crippen molar-refractivity contribution < 1.29 is 19.4 Å². The molecule has 0 aromatic carbocycles. The fourth-order valence-corrected chi connectivity index (χ4v) is 1.97. The zero-order valence-corrected chi connectivity index (χ0v) is 14.1. The Balaban J connectivity index is 4.76. The lowest BCUT2D eigenvalue weighted by atomic mass is 9.92. The molecule has 1 unspecified atom stereocenters. The molecule has 3 N–H and O–H groups in total. The third-order valence-corrected chi connectivity index (χ3v) is 3.51. The van der Waals surface area contributed by atoms with E-state index in [2.05, 4.69) is 10.6 Å². The molecule has 1 amide bonds. The summed E-state index contributed by atoms with van der Waals surface area (Å²) in [6.45, 7) is 11.6. The Bertz CT molecular complexity index is 346. The molecular weight excluding hydrogens is 272 g/mol. The van der Waals surface area contributed by atoms with E-state index in [0.29, 0.717) is 25.8 Å². The predicted octanol–water partition coefficient (Wildman–Crippen LogP) is 2.52. The smallest absolute Gasteiger partial charge is 0.408 e. The zero-order valence-electron chi connectivity index (χ0n) is 14.1. The molecule has 124 valence electrons. The molecular formula is C15H30N2O4. The summed E-state index contributed by atoms with van der Waals surface area (Å²) < 4.78 is 5.28. The van der Waals surface area contributed by atoms with E-state index in [-0.39, 0.29) is 0 Å². The number of carboxylic acid groups (broad SMARTS) is 1. The first-order chi connectivity index (χ1) is 9.59. The van der Waals surface area contributed by atoms with Crippen LogP contribution in [0.1, 0.15) is 60.8 Å². The molecule has 0 saturated heterocycles. The predicted molar refractivity (Wildman–Crippen MR) is 82.4 cm³/mol. The number of carbonyl (C=O) groups is 2. The lowest BCUT2D eigenvalue weighted by molar-refractivity contribution is -0.139. The summed E-state index contributed by atoms with van der Waals surface area (Å²) in [4.78, 5) is 23.0. The van der Waals surface area contributed by atoms with E-state index in [1.165, 1.54) is 0 Å². The van der Waals surface area contributed by atoms with Crippen molar-refractivity contribution in [3.63, 3.8) is 0 Å². The molecule has 0 fully saturated rings. The average Bonchev–Trinajstić information content (AvgIpc) is 2.35. The fraction of sp³-hybridized carbons (Fsp3) is 0.867. The second-order valence-electron chi connectivity index (χ2n) is 6.29. The van der Waals surface area contributed by atoms with Gasteiger partial charge >= 0.3 is 12.1 Å². The molecule has 0 aliphatic carbocycles. The number of ether oxygens (including phenoxy) is 1. The van der Waals surface area contributed by atoms with Gasteiger partial charge in [-0.05, 0) is 40.0 Å². The van der Waals surface area contributed by atoms with Gasteiger partial charge in [-0.15, -0.1) is 0 Å². The highest BCUT2D eigenvalue weighted by atomic mass is 16.6. The van der Waals surface area contributed by atoms with Crippen LogP contribution >= 0.6 is 0 Å². The number of nitrogens with one attached hydrogen (secondary N) is 2. The summed E-state index contributed by atoms with van der Waals surface area (Å²) in [5.74, 6) is -0.879. The van der Waals surface area contributed by atoms with Gasteiger partial charge < -0.3 is 20.5 Å². The van der Waals surface area contributed by atoms with Crippen molar-refractivity contribution in [2.75, 3.05) is 6.54 Å². The van der Waals surface area contributed by atoms with Crippen LogP contribution < -0.4 is 10.6 Å². The molecule has 6 heteroatoms. The van der Waals surface area contributed by atoms with Crippen LogP contribution in [0.15, 0.2) is 0 Å². The van der Waals surface area contributed by atoms with Gasteiger partial charge in [-0.2, -0.15) is 0 Å². The first kappa shape index (κ1) is 19.7. The van der Waals surface area contributed by atoms with E-state index < -0.39 is 29.2 Å². The molecule has 0 radical (unpaired) electrons. The molecule has 0 bridgehead atoms. The van der Waals surface area contributed by atoms with Crippen molar-refractivity contribution in [1.82, 2.24) is 10.6 Å². The lowest BCUT2D eigenvalue weighted by Gasteiger charge is -2.35. The van der Waals surface area contributed by atoms with Crippen LogP contribution in [-0.2, 0) is 9.53 Å². The monoisotopic (exact) mass is 302 g/mol. The molecule has 1 atom stereocenters. The van der Waals surface area contributed by atoms with Gasteiger partial charge in [-0.25, -0.2) is 4.79 Å². The Morgan fingerprint density at radius 2 is 1.67 bits per heavy atom. The Morgan fingerprint density at radius 3 is 2.00 bits per heavy atom. The number of aliphatic carboxylic acids is 1. The summed E-state index contributed by atoms with van der Waals surface area (Å²) in [5.41, 5.74) is -1.07. The Kier molecular flexibility index (Phi) is 7.71.